The molecular weight excluding hydrogens is 351 g/mol. The van der Waals surface area contributed by atoms with Crippen molar-refractivity contribution in [2.24, 2.45) is 0 Å². The molecule has 1 aromatic rings. The number of hydrogen-bond acceptors (Lipinski definition) is 3. The number of alkyl halides is 1. The van der Waals surface area contributed by atoms with Crippen LogP contribution < -0.4 is 5.19 Å². The molecule has 0 aliphatic rings. The number of hydrogen-bond donors (Lipinski definition) is 0. The summed E-state index contributed by atoms with van der Waals surface area (Å²) < 4.78 is 17.2. The molecule has 0 N–H and O–H groups in total. The Balaban J connectivity index is 0.00000225. The van der Waals surface area contributed by atoms with E-state index in [-0.39, 0.29) is 11.0 Å². The molecule has 0 saturated carbocycles. The maximum absolute atomic E-state index is 5.39. The van der Waals surface area contributed by atoms with E-state index < -0.39 is 8.80 Å². The molecule has 0 fully saturated rings. The van der Waals surface area contributed by atoms with Gasteiger partial charge in [0.05, 0.1) is 0 Å². The fourth-order valence-corrected chi connectivity index (χ4v) is 3.69. The van der Waals surface area contributed by atoms with Crippen LogP contribution in [0.15, 0.2) is 24.3 Å². The number of rotatable bonds is 5. The first-order valence-corrected chi connectivity index (χ1v) is 7.78. The standard InChI is InChI=1S/C10H15IO3Si.H4Si/c1-12-15(13-2,14-3)10-6-4-9(8-11)5-7-10;/h4-7H,8H2,1-3H3;1H4. The van der Waals surface area contributed by atoms with Gasteiger partial charge in [0.15, 0.2) is 0 Å². The molecule has 0 heterocycles. The first kappa shape index (κ1) is 16.3. The van der Waals surface area contributed by atoms with E-state index in [0.29, 0.717) is 0 Å². The van der Waals surface area contributed by atoms with E-state index in [9.17, 15) is 0 Å². The highest BCUT2D eigenvalue weighted by Crippen LogP contribution is 2.09. The van der Waals surface area contributed by atoms with Crippen LogP contribution in [-0.4, -0.2) is 41.1 Å². The Labute approximate surface area is 116 Å². The Morgan fingerprint density at radius 2 is 1.44 bits per heavy atom. The molecule has 0 aromatic heterocycles. The van der Waals surface area contributed by atoms with E-state index in [2.05, 4.69) is 34.7 Å². The average molecular weight is 370 g/mol. The predicted octanol–water partition coefficient (Wildman–Crippen LogP) is 0.255. The minimum atomic E-state index is -2.63. The van der Waals surface area contributed by atoms with Crippen molar-refractivity contribution < 1.29 is 13.3 Å². The van der Waals surface area contributed by atoms with Gasteiger partial charge in [-0.05, 0) is 16.5 Å². The fourth-order valence-electron chi connectivity index (χ4n) is 1.40. The lowest BCUT2D eigenvalue weighted by Gasteiger charge is -2.24. The van der Waals surface area contributed by atoms with Gasteiger partial charge in [0.2, 0.25) is 0 Å². The molecule has 0 atom stereocenters. The molecule has 16 heavy (non-hydrogen) atoms. The van der Waals surface area contributed by atoms with Crippen LogP contribution in [0.4, 0.5) is 0 Å². The largest absolute Gasteiger partial charge is 0.536 e. The van der Waals surface area contributed by atoms with E-state index in [1.165, 1.54) is 5.56 Å². The molecule has 92 valence electrons. The zero-order valence-electron chi connectivity index (χ0n) is 9.12. The highest BCUT2D eigenvalue weighted by atomic mass is 127. The SMILES string of the molecule is CO[Si](OC)(OC)c1ccc(CI)cc1.[SiH4]. The summed E-state index contributed by atoms with van der Waals surface area (Å²) >= 11 is 2.33. The van der Waals surface area contributed by atoms with Crippen molar-refractivity contribution in [3.8, 4) is 0 Å². The molecule has 1 rings (SSSR count). The van der Waals surface area contributed by atoms with Crippen molar-refractivity contribution in [1.82, 2.24) is 0 Å². The molecule has 0 amide bonds. The summed E-state index contributed by atoms with van der Waals surface area (Å²) in [5.74, 6) is 0. The normalized spacial score (nSPS) is 11.0. The highest BCUT2D eigenvalue weighted by molar-refractivity contribution is 14.1. The molecule has 0 unspecified atom stereocenters. The molecule has 0 spiro atoms. The van der Waals surface area contributed by atoms with Crippen molar-refractivity contribution in [2.75, 3.05) is 21.3 Å². The number of halogens is 1. The quantitative estimate of drug-likeness (QED) is 0.423. The molecule has 6 heteroatoms. The van der Waals surface area contributed by atoms with Crippen molar-refractivity contribution in [3.05, 3.63) is 29.8 Å². The third-order valence-electron chi connectivity index (χ3n) is 2.27. The van der Waals surface area contributed by atoms with E-state index >= 15 is 0 Å². The van der Waals surface area contributed by atoms with Gasteiger partial charge in [-0.15, -0.1) is 0 Å². The summed E-state index contributed by atoms with van der Waals surface area (Å²) in [6.45, 7) is 0. The molecule has 0 aliphatic carbocycles. The third kappa shape index (κ3) is 3.38. The van der Waals surface area contributed by atoms with Gasteiger partial charge in [-0.3, -0.25) is 0 Å². The summed E-state index contributed by atoms with van der Waals surface area (Å²) in [5.41, 5.74) is 1.28. The molecule has 1 aromatic carbocycles. The van der Waals surface area contributed by atoms with Gasteiger partial charge < -0.3 is 13.3 Å². The predicted molar refractivity (Wildman–Crippen MR) is 81.9 cm³/mol. The zero-order chi connectivity index (χ0) is 11.3. The van der Waals surface area contributed by atoms with Crippen LogP contribution in [0.25, 0.3) is 0 Å². The average Bonchev–Trinajstić information content (AvgIpc) is 2.33. The lowest BCUT2D eigenvalue weighted by Crippen LogP contribution is -2.54. The Morgan fingerprint density at radius 3 is 1.75 bits per heavy atom. The second kappa shape index (κ2) is 7.56. The smallest absolute Gasteiger partial charge is 0.373 e. The van der Waals surface area contributed by atoms with Crippen molar-refractivity contribution in [3.63, 3.8) is 0 Å². The summed E-state index contributed by atoms with van der Waals surface area (Å²) in [5, 5.41) is 0.989. The molecular formula is C10H19IO3Si2. The Bertz CT molecular complexity index is 293. The Morgan fingerprint density at radius 1 is 1.00 bits per heavy atom. The van der Waals surface area contributed by atoms with Crippen LogP contribution in [0.5, 0.6) is 0 Å². The molecule has 0 aliphatic heterocycles. The summed E-state index contributed by atoms with van der Waals surface area (Å²) in [6, 6.07) is 8.16. The molecule has 3 nitrogen and oxygen atoms in total. The monoisotopic (exact) mass is 370 g/mol. The molecule has 0 bridgehead atoms. The third-order valence-corrected chi connectivity index (χ3v) is 5.80. The van der Waals surface area contributed by atoms with Gasteiger partial charge in [0, 0.05) is 30.9 Å². The lowest BCUT2D eigenvalue weighted by molar-refractivity contribution is 0.140. The van der Waals surface area contributed by atoms with E-state index in [0.717, 1.165) is 9.61 Å². The van der Waals surface area contributed by atoms with Crippen LogP contribution >= 0.6 is 22.6 Å². The van der Waals surface area contributed by atoms with E-state index in [4.69, 9.17) is 13.3 Å². The van der Waals surface area contributed by atoms with E-state index in [1.54, 1.807) is 21.3 Å². The van der Waals surface area contributed by atoms with Crippen molar-refractivity contribution in [2.45, 2.75) is 4.43 Å². The minimum Gasteiger partial charge on any atom is -0.373 e. The van der Waals surface area contributed by atoms with Gasteiger partial charge in [-0.1, -0.05) is 46.9 Å². The van der Waals surface area contributed by atoms with Crippen LogP contribution in [0.3, 0.4) is 0 Å². The topological polar surface area (TPSA) is 27.7 Å². The second-order valence-corrected chi connectivity index (χ2v) is 6.68. The number of benzene rings is 1. The maximum Gasteiger partial charge on any atom is 0.536 e. The first-order valence-electron chi connectivity index (χ1n) is 4.53. The molecule has 0 saturated heterocycles. The van der Waals surface area contributed by atoms with Crippen LogP contribution in [-0.2, 0) is 17.7 Å². The van der Waals surface area contributed by atoms with Crippen molar-refractivity contribution >= 4 is 47.5 Å². The van der Waals surface area contributed by atoms with Gasteiger partial charge in [0.25, 0.3) is 0 Å². The molecule has 0 radical (unpaired) electrons. The van der Waals surface area contributed by atoms with Gasteiger partial charge in [0.1, 0.15) is 0 Å². The summed E-state index contributed by atoms with van der Waals surface area (Å²) in [6.07, 6.45) is 0. The van der Waals surface area contributed by atoms with Gasteiger partial charge in [-0.25, -0.2) is 0 Å². The Kier molecular flexibility index (Phi) is 7.69. The van der Waals surface area contributed by atoms with E-state index in [1.807, 2.05) is 12.1 Å². The van der Waals surface area contributed by atoms with Crippen molar-refractivity contribution in [1.29, 1.82) is 0 Å². The van der Waals surface area contributed by atoms with Crippen LogP contribution in [0.1, 0.15) is 5.56 Å². The minimum absolute atomic E-state index is 0. The fraction of sp³-hybridized carbons (Fsp3) is 0.400. The Hall–Kier alpha value is 0.264. The zero-order valence-corrected chi connectivity index (χ0v) is 12.3. The second-order valence-electron chi connectivity index (χ2n) is 3.00. The van der Waals surface area contributed by atoms with Gasteiger partial charge >= 0.3 is 8.80 Å². The summed E-state index contributed by atoms with van der Waals surface area (Å²) in [7, 11) is 2.22. The maximum atomic E-state index is 5.39. The van der Waals surface area contributed by atoms with Crippen LogP contribution in [0.2, 0.25) is 0 Å². The van der Waals surface area contributed by atoms with Gasteiger partial charge in [-0.2, -0.15) is 0 Å². The lowest BCUT2D eigenvalue weighted by atomic mass is 10.2. The summed E-state index contributed by atoms with van der Waals surface area (Å²) in [4.78, 5) is 0. The first-order chi connectivity index (χ1) is 7.22. The van der Waals surface area contributed by atoms with Crippen LogP contribution in [0, 0.1) is 0 Å². The highest BCUT2D eigenvalue weighted by Gasteiger charge is 2.40.